The molecule has 0 saturated carbocycles. The van der Waals surface area contributed by atoms with Crippen molar-refractivity contribution >= 4 is 21.6 Å². The molecular formula is C18H15BrF2N2O3. The van der Waals surface area contributed by atoms with Gasteiger partial charge in [-0.1, -0.05) is 18.2 Å². The summed E-state index contributed by atoms with van der Waals surface area (Å²) in [5, 5.41) is 20.5. The number of pyridine rings is 1. The molecule has 4 rings (SSSR count). The van der Waals surface area contributed by atoms with Crippen LogP contribution in [0.4, 0.5) is 8.78 Å². The summed E-state index contributed by atoms with van der Waals surface area (Å²) in [6, 6.07) is 10.1. The highest BCUT2D eigenvalue weighted by atomic mass is 79.9. The van der Waals surface area contributed by atoms with Gasteiger partial charge in [-0.3, -0.25) is 0 Å². The molecule has 3 atom stereocenters. The quantitative estimate of drug-likeness (QED) is 0.672. The minimum Gasteiger partial charge on any atom is -0.435 e. The molecule has 2 heterocycles. The van der Waals surface area contributed by atoms with Crippen molar-refractivity contribution in [3.05, 3.63) is 64.0 Å². The van der Waals surface area contributed by atoms with Crippen molar-refractivity contribution in [2.24, 2.45) is 5.92 Å². The van der Waals surface area contributed by atoms with Crippen LogP contribution < -0.4 is 4.74 Å². The van der Waals surface area contributed by atoms with Crippen LogP contribution in [0.25, 0.3) is 5.65 Å². The molecule has 2 aromatic heterocycles. The average Bonchev–Trinajstić information content (AvgIpc) is 3.10. The highest BCUT2D eigenvalue weighted by molar-refractivity contribution is 9.10. The lowest BCUT2D eigenvalue weighted by Gasteiger charge is -2.23. The van der Waals surface area contributed by atoms with Crippen molar-refractivity contribution < 1.29 is 23.7 Å². The van der Waals surface area contributed by atoms with E-state index >= 15 is 0 Å². The van der Waals surface area contributed by atoms with E-state index in [0.717, 1.165) is 4.47 Å². The minimum absolute atomic E-state index is 0.0240. The number of hydrogen-bond donors (Lipinski definition) is 2. The Morgan fingerprint density at radius 3 is 2.73 bits per heavy atom. The van der Waals surface area contributed by atoms with Gasteiger partial charge in [0.05, 0.1) is 11.4 Å². The Morgan fingerprint density at radius 1 is 1.23 bits per heavy atom. The fraction of sp³-hybridized carbons (Fsp3) is 0.278. The van der Waals surface area contributed by atoms with E-state index in [0.29, 0.717) is 22.6 Å². The molecule has 3 aromatic rings. The number of nitrogens with zero attached hydrogens (tertiary/aromatic N) is 2. The molecular weight excluding hydrogens is 410 g/mol. The first-order chi connectivity index (χ1) is 12.5. The predicted molar refractivity (Wildman–Crippen MR) is 93.3 cm³/mol. The molecule has 0 fully saturated rings. The number of benzene rings is 1. The number of alkyl halides is 2. The number of imidazole rings is 1. The molecule has 0 saturated heterocycles. The van der Waals surface area contributed by atoms with Crippen LogP contribution in [0.15, 0.2) is 47.1 Å². The summed E-state index contributed by atoms with van der Waals surface area (Å²) < 4.78 is 33.0. The normalized spacial score (nSPS) is 22.2. The Kier molecular flexibility index (Phi) is 4.42. The fourth-order valence-corrected chi connectivity index (χ4v) is 4.03. The van der Waals surface area contributed by atoms with Gasteiger partial charge in [-0.2, -0.15) is 8.78 Å². The van der Waals surface area contributed by atoms with Gasteiger partial charge in [0.2, 0.25) is 0 Å². The van der Waals surface area contributed by atoms with Crippen molar-refractivity contribution in [1.29, 1.82) is 0 Å². The second-order valence-corrected chi connectivity index (χ2v) is 7.06. The summed E-state index contributed by atoms with van der Waals surface area (Å²) in [4.78, 5) is 4.47. The van der Waals surface area contributed by atoms with Crippen molar-refractivity contribution in [2.45, 2.75) is 18.6 Å². The standard InChI is InChI=1S/C18H15BrF2N2O3/c19-9-5-6-13-22-15-16(23(13)7-9)14(11(8-24)17(15)25)10-3-1-2-4-12(10)26-18(20)21/h1-7,11,14,17-18,24-25H,8H2. The first-order valence-electron chi connectivity index (χ1n) is 8.01. The number of ether oxygens (including phenoxy) is 1. The molecule has 0 spiro atoms. The van der Waals surface area contributed by atoms with Gasteiger partial charge in [0, 0.05) is 34.7 Å². The van der Waals surface area contributed by atoms with Gasteiger partial charge in [-0.25, -0.2) is 4.98 Å². The van der Waals surface area contributed by atoms with Gasteiger partial charge >= 0.3 is 6.61 Å². The van der Waals surface area contributed by atoms with Crippen molar-refractivity contribution in [2.75, 3.05) is 6.61 Å². The van der Waals surface area contributed by atoms with Crippen molar-refractivity contribution in [1.82, 2.24) is 9.38 Å². The predicted octanol–water partition coefficient (Wildman–Crippen LogP) is 3.49. The van der Waals surface area contributed by atoms with Gasteiger partial charge in [0.25, 0.3) is 0 Å². The van der Waals surface area contributed by atoms with Gasteiger partial charge in [-0.15, -0.1) is 0 Å². The van der Waals surface area contributed by atoms with E-state index in [-0.39, 0.29) is 12.4 Å². The van der Waals surface area contributed by atoms with E-state index in [1.807, 2.05) is 10.5 Å². The molecule has 1 aromatic carbocycles. The SMILES string of the molecule is OCC1C(O)c2nc3ccc(Br)cn3c2C1c1ccccc1OC(F)F. The van der Waals surface area contributed by atoms with Crippen LogP contribution in [-0.2, 0) is 0 Å². The Morgan fingerprint density at radius 2 is 2.00 bits per heavy atom. The number of aliphatic hydroxyl groups excluding tert-OH is 2. The van der Waals surface area contributed by atoms with Crippen LogP contribution >= 0.6 is 15.9 Å². The molecule has 1 aliphatic rings. The Bertz CT molecular complexity index is 963. The molecule has 26 heavy (non-hydrogen) atoms. The van der Waals surface area contributed by atoms with Crippen LogP contribution in [0.5, 0.6) is 5.75 Å². The monoisotopic (exact) mass is 424 g/mol. The Labute approximate surface area is 156 Å². The number of fused-ring (bicyclic) bond motifs is 3. The molecule has 3 unspecified atom stereocenters. The zero-order valence-corrected chi connectivity index (χ0v) is 15.0. The molecule has 5 nitrogen and oxygen atoms in total. The molecule has 0 bridgehead atoms. The molecule has 1 aliphatic carbocycles. The molecule has 0 radical (unpaired) electrons. The zero-order valence-electron chi connectivity index (χ0n) is 13.4. The summed E-state index contributed by atoms with van der Waals surface area (Å²) in [7, 11) is 0. The number of aromatic nitrogens is 2. The summed E-state index contributed by atoms with van der Waals surface area (Å²) in [5.41, 5.74) is 2.22. The average molecular weight is 425 g/mol. The number of hydrogen-bond acceptors (Lipinski definition) is 4. The van der Waals surface area contributed by atoms with Crippen LogP contribution in [0.3, 0.4) is 0 Å². The van der Waals surface area contributed by atoms with E-state index in [1.54, 1.807) is 30.5 Å². The highest BCUT2D eigenvalue weighted by Gasteiger charge is 2.45. The van der Waals surface area contributed by atoms with Crippen LogP contribution in [0.2, 0.25) is 0 Å². The first kappa shape index (κ1) is 17.4. The maximum absolute atomic E-state index is 12.8. The third-order valence-corrected chi connectivity index (χ3v) is 5.21. The lowest BCUT2D eigenvalue weighted by molar-refractivity contribution is -0.0508. The summed E-state index contributed by atoms with van der Waals surface area (Å²) >= 11 is 3.41. The molecule has 0 amide bonds. The molecule has 8 heteroatoms. The second kappa shape index (κ2) is 6.61. The Hall–Kier alpha value is -2.03. The van der Waals surface area contributed by atoms with Gasteiger partial charge in [0.1, 0.15) is 17.5 Å². The van der Waals surface area contributed by atoms with E-state index in [4.69, 9.17) is 0 Å². The lowest BCUT2D eigenvalue weighted by Crippen LogP contribution is -2.20. The first-order valence-corrected chi connectivity index (χ1v) is 8.80. The fourth-order valence-electron chi connectivity index (χ4n) is 3.69. The van der Waals surface area contributed by atoms with E-state index < -0.39 is 24.6 Å². The maximum atomic E-state index is 12.8. The van der Waals surface area contributed by atoms with E-state index in [2.05, 4.69) is 25.7 Å². The second-order valence-electron chi connectivity index (χ2n) is 6.14. The topological polar surface area (TPSA) is 67.0 Å². The van der Waals surface area contributed by atoms with E-state index in [9.17, 15) is 19.0 Å². The van der Waals surface area contributed by atoms with Gasteiger partial charge in [0.15, 0.2) is 0 Å². The van der Waals surface area contributed by atoms with Crippen molar-refractivity contribution in [3.8, 4) is 5.75 Å². The number of para-hydroxylation sites is 1. The number of halogens is 3. The molecule has 2 N–H and O–H groups in total. The number of aliphatic hydroxyl groups is 2. The smallest absolute Gasteiger partial charge is 0.387 e. The number of rotatable bonds is 4. The lowest BCUT2D eigenvalue weighted by atomic mass is 9.86. The molecule has 136 valence electrons. The minimum atomic E-state index is -2.97. The molecule has 0 aliphatic heterocycles. The third-order valence-electron chi connectivity index (χ3n) is 4.74. The maximum Gasteiger partial charge on any atom is 0.387 e. The van der Waals surface area contributed by atoms with E-state index in [1.165, 1.54) is 6.07 Å². The van der Waals surface area contributed by atoms with Gasteiger partial charge in [-0.05, 0) is 34.1 Å². The van der Waals surface area contributed by atoms with Gasteiger partial charge < -0.3 is 19.4 Å². The third kappa shape index (κ3) is 2.69. The summed E-state index contributed by atoms with van der Waals surface area (Å²) in [6.45, 7) is -3.28. The Balaban J connectivity index is 1.95. The zero-order chi connectivity index (χ0) is 18.4. The van der Waals surface area contributed by atoms with Crippen molar-refractivity contribution in [3.63, 3.8) is 0 Å². The van der Waals surface area contributed by atoms with Crippen LogP contribution in [0, 0.1) is 5.92 Å². The summed E-state index contributed by atoms with van der Waals surface area (Å²) in [5.74, 6) is -1.12. The highest BCUT2D eigenvalue weighted by Crippen LogP contribution is 2.50. The summed E-state index contributed by atoms with van der Waals surface area (Å²) in [6.07, 6.45) is 0.801. The largest absolute Gasteiger partial charge is 0.435 e. The van der Waals surface area contributed by atoms with Crippen LogP contribution in [0.1, 0.15) is 29.0 Å². The van der Waals surface area contributed by atoms with Crippen LogP contribution in [-0.4, -0.2) is 32.8 Å².